The zero-order valence-corrected chi connectivity index (χ0v) is 9.62. The number of carbonyl (C=O) groups is 1. The number of hydrogen-bond donors (Lipinski definition) is 1. The summed E-state index contributed by atoms with van der Waals surface area (Å²) in [6.07, 6.45) is 3.92. The summed E-state index contributed by atoms with van der Waals surface area (Å²) in [6, 6.07) is 0. The number of rotatable bonds is 4. The van der Waals surface area contributed by atoms with Crippen LogP contribution in [0, 0.1) is 5.92 Å². The Balaban J connectivity index is 2.47. The van der Waals surface area contributed by atoms with Crippen molar-refractivity contribution in [3.05, 3.63) is 0 Å². The van der Waals surface area contributed by atoms with Gasteiger partial charge in [-0.1, -0.05) is 19.8 Å². The maximum absolute atomic E-state index is 11.8. The zero-order valence-electron chi connectivity index (χ0n) is 9.62. The standard InChI is InChI=1S/C11H21NO3/c1-9-5-3-4-6-11(9,12)10(13)15-8-7-14-2/h9H,3-8,12H2,1-2H3. The maximum Gasteiger partial charge on any atom is 0.326 e. The molecule has 0 amide bonds. The predicted octanol–water partition coefficient (Wildman–Crippen LogP) is 1.08. The van der Waals surface area contributed by atoms with Crippen molar-refractivity contribution >= 4 is 5.97 Å². The Kier molecular flexibility index (Phi) is 4.54. The molecular weight excluding hydrogens is 194 g/mol. The first-order chi connectivity index (χ1) is 7.11. The normalized spacial score (nSPS) is 31.3. The minimum Gasteiger partial charge on any atom is -0.462 e. The molecule has 2 unspecified atom stereocenters. The Morgan fingerprint density at radius 1 is 1.47 bits per heavy atom. The molecule has 0 aliphatic heterocycles. The largest absolute Gasteiger partial charge is 0.462 e. The number of esters is 1. The first kappa shape index (κ1) is 12.5. The summed E-state index contributed by atoms with van der Waals surface area (Å²) in [7, 11) is 1.58. The van der Waals surface area contributed by atoms with Gasteiger partial charge in [-0.25, -0.2) is 0 Å². The fourth-order valence-corrected chi connectivity index (χ4v) is 2.03. The lowest BCUT2D eigenvalue weighted by Gasteiger charge is -2.36. The fourth-order valence-electron chi connectivity index (χ4n) is 2.03. The van der Waals surface area contributed by atoms with Crippen molar-refractivity contribution in [3.63, 3.8) is 0 Å². The SMILES string of the molecule is COCCOC(=O)C1(N)CCCCC1C. The van der Waals surface area contributed by atoms with Crippen molar-refractivity contribution in [2.75, 3.05) is 20.3 Å². The molecular formula is C11H21NO3. The Bertz CT molecular complexity index is 220. The van der Waals surface area contributed by atoms with E-state index in [-0.39, 0.29) is 11.9 Å². The number of carbonyl (C=O) groups excluding carboxylic acids is 1. The molecule has 0 heterocycles. The molecule has 1 fully saturated rings. The second-order valence-corrected chi connectivity index (χ2v) is 4.32. The molecule has 15 heavy (non-hydrogen) atoms. The van der Waals surface area contributed by atoms with Crippen LogP contribution in [0.2, 0.25) is 0 Å². The Morgan fingerprint density at radius 3 is 2.80 bits per heavy atom. The maximum atomic E-state index is 11.8. The molecule has 1 aliphatic carbocycles. The molecule has 4 heteroatoms. The van der Waals surface area contributed by atoms with E-state index in [1.807, 2.05) is 6.92 Å². The number of hydrogen-bond acceptors (Lipinski definition) is 4. The highest BCUT2D eigenvalue weighted by atomic mass is 16.6. The molecule has 1 rings (SSSR count). The highest BCUT2D eigenvalue weighted by Gasteiger charge is 2.42. The molecule has 0 aromatic carbocycles. The fraction of sp³-hybridized carbons (Fsp3) is 0.909. The molecule has 0 spiro atoms. The summed E-state index contributed by atoms with van der Waals surface area (Å²) in [4.78, 5) is 11.8. The minimum atomic E-state index is -0.772. The predicted molar refractivity (Wildman–Crippen MR) is 57.4 cm³/mol. The third-order valence-corrected chi connectivity index (χ3v) is 3.26. The molecule has 1 aliphatic rings. The van der Waals surface area contributed by atoms with Gasteiger partial charge in [-0.3, -0.25) is 4.79 Å². The van der Waals surface area contributed by atoms with Gasteiger partial charge in [-0.05, 0) is 18.8 Å². The van der Waals surface area contributed by atoms with Gasteiger partial charge in [-0.15, -0.1) is 0 Å². The Morgan fingerprint density at radius 2 is 2.20 bits per heavy atom. The summed E-state index contributed by atoms with van der Waals surface area (Å²) >= 11 is 0. The van der Waals surface area contributed by atoms with Crippen LogP contribution in [-0.2, 0) is 14.3 Å². The van der Waals surface area contributed by atoms with E-state index >= 15 is 0 Å². The molecule has 0 aromatic heterocycles. The summed E-state index contributed by atoms with van der Waals surface area (Å²) in [5.74, 6) is -0.0620. The van der Waals surface area contributed by atoms with Crippen molar-refractivity contribution < 1.29 is 14.3 Å². The first-order valence-corrected chi connectivity index (χ1v) is 5.56. The molecule has 88 valence electrons. The first-order valence-electron chi connectivity index (χ1n) is 5.56. The quantitative estimate of drug-likeness (QED) is 0.563. The summed E-state index contributed by atoms with van der Waals surface area (Å²) in [6.45, 7) is 2.74. The number of methoxy groups -OCH3 is 1. The monoisotopic (exact) mass is 215 g/mol. The molecule has 0 aromatic rings. The van der Waals surface area contributed by atoms with Crippen molar-refractivity contribution in [1.82, 2.24) is 0 Å². The molecule has 4 nitrogen and oxygen atoms in total. The minimum absolute atomic E-state index is 0.210. The smallest absolute Gasteiger partial charge is 0.326 e. The van der Waals surface area contributed by atoms with E-state index in [4.69, 9.17) is 15.2 Å². The highest BCUT2D eigenvalue weighted by molar-refractivity contribution is 5.81. The van der Waals surface area contributed by atoms with Crippen LogP contribution in [0.3, 0.4) is 0 Å². The van der Waals surface area contributed by atoms with Crippen LogP contribution in [-0.4, -0.2) is 31.8 Å². The van der Waals surface area contributed by atoms with E-state index in [1.54, 1.807) is 7.11 Å². The van der Waals surface area contributed by atoms with Gasteiger partial charge in [0.05, 0.1) is 6.61 Å². The third-order valence-electron chi connectivity index (χ3n) is 3.26. The Labute approximate surface area is 91.1 Å². The number of nitrogens with two attached hydrogens (primary N) is 1. The van der Waals surface area contributed by atoms with Gasteiger partial charge in [0.25, 0.3) is 0 Å². The van der Waals surface area contributed by atoms with Gasteiger partial charge < -0.3 is 15.2 Å². The number of ether oxygens (including phenoxy) is 2. The van der Waals surface area contributed by atoms with Gasteiger partial charge in [0.1, 0.15) is 12.1 Å². The second-order valence-electron chi connectivity index (χ2n) is 4.32. The van der Waals surface area contributed by atoms with Crippen molar-refractivity contribution in [3.8, 4) is 0 Å². The molecule has 2 atom stereocenters. The second kappa shape index (κ2) is 5.47. The molecule has 0 bridgehead atoms. The van der Waals surface area contributed by atoms with E-state index in [9.17, 15) is 4.79 Å². The topological polar surface area (TPSA) is 61.5 Å². The molecule has 0 saturated heterocycles. The van der Waals surface area contributed by atoms with Gasteiger partial charge in [-0.2, -0.15) is 0 Å². The molecule has 2 N–H and O–H groups in total. The summed E-state index contributed by atoms with van der Waals surface area (Å²) in [5, 5.41) is 0. The lowest BCUT2D eigenvalue weighted by atomic mass is 9.74. The average molecular weight is 215 g/mol. The van der Waals surface area contributed by atoms with Gasteiger partial charge in [0.15, 0.2) is 0 Å². The highest BCUT2D eigenvalue weighted by Crippen LogP contribution is 2.32. The average Bonchev–Trinajstić information content (AvgIpc) is 2.23. The summed E-state index contributed by atoms with van der Waals surface area (Å²) in [5.41, 5.74) is 5.34. The van der Waals surface area contributed by atoms with Crippen LogP contribution in [0.15, 0.2) is 0 Å². The van der Waals surface area contributed by atoms with Crippen LogP contribution in [0.4, 0.5) is 0 Å². The van der Waals surface area contributed by atoms with E-state index in [0.717, 1.165) is 25.7 Å². The lowest BCUT2D eigenvalue weighted by molar-refractivity contribution is -0.155. The van der Waals surface area contributed by atoms with Crippen LogP contribution >= 0.6 is 0 Å². The molecule has 1 saturated carbocycles. The van der Waals surface area contributed by atoms with Crippen molar-refractivity contribution in [1.29, 1.82) is 0 Å². The van der Waals surface area contributed by atoms with Gasteiger partial charge >= 0.3 is 5.97 Å². The van der Waals surface area contributed by atoms with E-state index in [2.05, 4.69) is 0 Å². The zero-order chi connectivity index (χ0) is 11.3. The molecule has 0 radical (unpaired) electrons. The van der Waals surface area contributed by atoms with E-state index < -0.39 is 5.54 Å². The van der Waals surface area contributed by atoms with Gasteiger partial charge in [0.2, 0.25) is 0 Å². The Hall–Kier alpha value is -0.610. The van der Waals surface area contributed by atoms with E-state index in [1.165, 1.54) is 0 Å². The van der Waals surface area contributed by atoms with Crippen LogP contribution < -0.4 is 5.73 Å². The summed E-state index contributed by atoms with van der Waals surface area (Å²) < 4.78 is 9.93. The van der Waals surface area contributed by atoms with Crippen LogP contribution in [0.1, 0.15) is 32.6 Å². The van der Waals surface area contributed by atoms with Crippen LogP contribution in [0.25, 0.3) is 0 Å². The van der Waals surface area contributed by atoms with Crippen molar-refractivity contribution in [2.24, 2.45) is 11.7 Å². The van der Waals surface area contributed by atoms with Crippen LogP contribution in [0.5, 0.6) is 0 Å². The van der Waals surface area contributed by atoms with Gasteiger partial charge in [0, 0.05) is 7.11 Å². The lowest BCUT2D eigenvalue weighted by Crippen LogP contribution is -2.55. The third kappa shape index (κ3) is 2.92. The van der Waals surface area contributed by atoms with Crippen molar-refractivity contribution in [2.45, 2.75) is 38.1 Å². The van der Waals surface area contributed by atoms with E-state index in [0.29, 0.717) is 13.2 Å².